The molecule has 10 rings (SSSR count). The molecule has 4 nitrogen and oxygen atoms in total. The highest BCUT2D eigenvalue weighted by molar-refractivity contribution is 6.08. The van der Waals surface area contributed by atoms with E-state index in [0.29, 0.717) is 0 Å². The Morgan fingerprint density at radius 3 is 1.22 bits per heavy atom. The van der Waals surface area contributed by atoms with Gasteiger partial charge in [0.15, 0.2) is 0 Å². The van der Waals surface area contributed by atoms with Crippen LogP contribution in [0.2, 0.25) is 0 Å². The summed E-state index contributed by atoms with van der Waals surface area (Å²) in [6, 6.07) is 56.6. The Morgan fingerprint density at radius 1 is 0.360 bits per heavy atom. The van der Waals surface area contributed by atoms with E-state index in [0.717, 1.165) is 44.8 Å². The third-order valence-corrected chi connectivity index (χ3v) is 10.4. The van der Waals surface area contributed by atoms with Gasteiger partial charge in [0, 0.05) is 36.0 Å². The summed E-state index contributed by atoms with van der Waals surface area (Å²) in [7, 11) is 4.21. The van der Waals surface area contributed by atoms with Gasteiger partial charge in [-0.2, -0.15) is 0 Å². The lowest BCUT2D eigenvalue weighted by molar-refractivity contribution is 0.959. The molecule has 0 saturated carbocycles. The van der Waals surface area contributed by atoms with Gasteiger partial charge in [-0.05, 0) is 55.9 Å². The Kier molecular flexibility index (Phi) is 6.27. The van der Waals surface area contributed by atoms with Crippen molar-refractivity contribution in [3.05, 3.63) is 158 Å². The monoisotopic (exact) mass is 640 g/mol. The quantitative estimate of drug-likeness (QED) is 0.192. The second-order valence-corrected chi connectivity index (χ2v) is 13.2. The molecule has 4 heteroatoms. The maximum absolute atomic E-state index is 5.13. The zero-order valence-corrected chi connectivity index (χ0v) is 27.8. The van der Waals surface area contributed by atoms with E-state index in [1.807, 2.05) is 0 Å². The summed E-state index contributed by atoms with van der Waals surface area (Å²) in [5.74, 6) is 1.94. The molecule has 50 heavy (non-hydrogen) atoms. The van der Waals surface area contributed by atoms with Crippen molar-refractivity contribution in [1.29, 1.82) is 0 Å². The number of hydrogen-bond donors (Lipinski definition) is 0. The lowest BCUT2D eigenvalue weighted by atomic mass is 9.91. The lowest BCUT2D eigenvalue weighted by Gasteiger charge is -2.14. The van der Waals surface area contributed by atoms with E-state index in [2.05, 4.69) is 181 Å². The van der Waals surface area contributed by atoms with Crippen molar-refractivity contribution in [3.63, 3.8) is 0 Å². The van der Waals surface area contributed by atoms with Crippen LogP contribution in [0.15, 0.2) is 158 Å². The molecule has 2 heterocycles. The maximum atomic E-state index is 5.13. The van der Waals surface area contributed by atoms with Gasteiger partial charge in [0.25, 0.3) is 0 Å². The van der Waals surface area contributed by atoms with Crippen molar-refractivity contribution < 1.29 is 0 Å². The van der Waals surface area contributed by atoms with E-state index in [9.17, 15) is 0 Å². The Morgan fingerprint density at radius 2 is 0.760 bits per heavy atom. The van der Waals surface area contributed by atoms with Gasteiger partial charge in [-0.3, -0.25) is 0 Å². The number of fused-ring (bicyclic) bond motifs is 7. The van der Waals surface area contributed by atoms with Gasteiger partial charge in [-0.25, -0.2) is 9.97 Å². The number of imidazole rings is 2. The zero-order chi connectivity index (χ0) is 33.3. The Balaban J connectivity index is 1.03. The highest BCUT2D eigenvalue weighted by atomic mass is 15.1. The van der Waals surface area contributed by atoms with Crippen molar-refractivity contribution >= 4 is 54.4 Å². The summed E-state index contributed by atoms with van der Waals surface area (Å²) in [6.45, 7) is 0. The third kappa shape index (κ3) is 4.32. The molecule has 0 bridgehead atoms. The Hall–Kier alpha value is -6.52. The molecule has 8 aromatic carbocycles. The van der Waals surface area contributed by atoms with Crippen LogP contribution in [0.5, 0.6) is 0 Å². The zero-order valence-electron chi connectivity index (χ0n) is 27.8. The molecular formula is C46H32N4. The van der Waals surface area contributed by atoms with Crippen LogP contribution in [0.25, 0.3) is 99.4 Å². The SMILES string of the molecule is Cn1c(-c2ccc(-c3cccc4cccc(-c5ccc(-c6nc7c8ccccc8ccc7n6C)cc5)c34)cc2)nc2c3ccccc3ccc21. The number of benzene rings is 8. The second-order valence-electron chi connectivity index (χ2n) is 13.2. The van der Waals surface area contributed by atoms with Gasteiger partial charge in [0.1, 0.15) is 11.6 Å². The molecule has 0 atom stereocenters. The minimum Gasteiger partial charge on any atom is -0.327 e. The summed E-state index contributed by atoms with van der Waals surface area (Å²) in [6.07, 6.45) is 0. The molecular weight excluding hydrogens is 609 g/mol. The van der Waals surface area contributed by atoms with Crippen molar-refractivity contribution in [1.82, 2.24) is 19.1 Å². The largest absolute Gasteiger partial charge is 0.327 e. The minimum absolute atomic E-state index is 0.968. The topological polar surface area (TPSA) is 35.6 Å². The van der Waals surface area contributed by atoms with Gasteiger partial charge in [0.2, 0.25) is 0 Å². The van der Waals surface area contributed by atoms with E-state index >= 15 is 0 Å². The Labute approximate surface area is 289 Å². The average molecular weight is 641 g/mol. The standard InChI is InChI=1S/C46H32N4/c1-49-40-27-25-29-9-3-5-13-38(29)43(40)47-45(49)34-21-17-31(18-22-34)36-15-7-11-33-12-8-16-37(42(33)36)32-19-23-35(24-20-32)46-48-44-39-14-6-4-10-30(39)26-28-41(44)50(46)2/h3-28H,1-2H3. The van der Waals surface area contributed by atoms with Crippen LogP contribution in [0.1, 0.15) is 0 Å². The van der Waals surface area contributed by atoms with Gasteiger partial charge in [-0.1, -0.05) is 146 Å². The van der Waals surface area contributed by atoms with Crippen molar-refractivity contribution in [3.8, 4) is 45.0 Å². The first-order valence-electron chi connectivity index (χ1n) is 17.0. The molecule has 10 aromatic rings. The number of nitrogens with zero attached hydrogens (tertiary/aromatic N) is 4. The molecule has 0 saturated heterocycles. The van der Waals surface area contributed by atoms with Crippen LogP contribution in [0, 0.1) is 0 Å². The summed E-state index contributed by atoms with van der Waals surface area (Å²) in [4.78, 5) is 10.3. The van der Waals surface area contributed by atoms with Gasteiger partial charge >= 0.3 is 0 Å². The van der Waals surface area contributed by atoms with Gasteiger partial charge in [0.05, 0.1) is 22.1 Å². The molecule has 236 valence electrons. The average Bonchev–Trinajstić information content (AvgIpc) is 3.71. The van der Waals surface area contributed by atoms with E-state index in [1.54, 1.807) is 0 Å². The molecule has 0 unspecified atom stereocenters. The molecule has 0 amide bonds. The summed E-state index contributed by atoms with van der Waals surface area (Å²) in [5, 5.41) is 7.25. The summed E-state index contributed by atoms with van der Waals surface area (Å²) < 4.78 is 4.40. The predicted octanol–water partition coefficient (Wildman–Crippen LogP) is 11.6. The second kappa shape index (κ2) is 11.0. The lowest BCUT2D eigenvalue weighted by Crippen LogP contribution is -1.93. The predicted molar refractivity (Wildman–Crippen MR) is 209 cm³/mol. The van der Waals surface area contributed by atoms with Crippen molar-refractivity contribution in [2.24, 2.45) is 14.1 Å². The fraction of sp³-hybridized carbons (Fsp3) is 0.0435. The van der Waals surface area contributed by atoms with E-state index < -0.39 is 0 Å². The smallest absolute Gasteiger partial charge is 0.140 e. The first kappa shape index (κ1) is 28.5. The highest BCUT2D eigenvalue weighted by Gasteiger charge is 2.16. The van der Waals surface area contributed by atoms with Crippen molar-refractivity contribution in [2.45, 2.75) is 0 Å². The number of aryl methyl sites for hydroxylation is 2. The molecule has 0 radical (unpaired) electrons. The van der Waals surface area contributed by atoms with Crippen LogP contribution in [0.3, 0.4) is 0 Å². The summed E-state index contributed by atoms with van der Waals surface area (Å²) in [5.41, 5.74) is 11.3. The maximum Gasteiger partial charge on any atom is 0.140 e. The van der Waals surface area contributed by atoms with E-state index in [1.165, 1.54) is 54.6 Å². The number of hydrogen-bond acceptors (Lipinski definition) is 2. The molecule has 0 aliphatic carbocycles. The normalized spacial score (nSPS) is 11.8. The highest BCUT2D eigenvalue weighted by Crippen LogP contribution is 2.39. The van der Waals surface area contributed by atoms with Crippen LogP contribution < -0.4 is 0 Å². The molecule has 0 fully saturated rings. The van der Waals surface area contributed by atoms with Crippen LogP contribution in [-0.2, 0) is 14.1 Å². The van der Waals surface area contributed by atoms with Crippen LogP contribution in [-0.4, -0.2) is 19.1 Å². The number of rotatable bonds is 4. The number of aromatic nitrogens is 4. The fourth-order valence-electron chi connectivity index (χ4n) is 7.79. The third-order valence-electron chi connectivity index (χ3n) is 10.4. The Bertz CT molecular complexity index is 2730. The van der Waals surface area contributed by atoms with E-state index in [4.69, 9.17) is 9.97 Å². The first-order valence-corrected chi connectivity index (χ1v) is 17.0. The summed E-state index contributed by atoms with van der Waals surface area (Å²) >= 11 is 0. The van der Waals surface area contributed by atoms with Crippen LogP contribution >= 0.6 is 0 Å². The molecule has 0 aliphatic rings. The van der Waals surface area contributed by atoms with Gasteiger partial charge in [-0.15, -0.1) is 0 Å². The molecule has 0 spiro atoms. The molecule has 0 N–H and O–H groups in total. The molecule has 0 aliphatic heterocycles. The first-order chi connectivity index (χ1) is 24.6. The van der Waals surface area contributed by atoms with Crippen molar-refractivity contribution in [2.75, 3.05) is 0 Å². The van der Waals surface area contributed by atoms with Crippen LogP contribution in [0.4, 0.5) is 0 Å². The van der Waals surface area contributed by atoms with E-state index in [-0.39, 0.29) is 0 Å². The fourth-order valence-corrected chi connectivity index (χ4v) is 7.79. The molecule has 2 aromatic heterocycles. The minimum atomic E-state index is 0.968. The van der Waals surface area contributed by atoms with Gasteiger partial charge < -0.3 is 9.13 Å².